The molecule has 0 aromatic heterocycles. The van der Waals surface area contributed by atoms with E-state index < -0.39 is 27.6 Å². The predicted molar refractivity (Wildman–Crippen MR) is 126 cm³/mol. The Morgan fingerprint density at radius 1 is 1.19 bits per heavy atom. The Balaban J connectivity index is 1.64. The van der Waals surface area contributed by atoms with Crippen LogP contribution < -0.4 is 14.4 Å². The molecule has 2 aliphatic rings. The van der Waals surface area contributed by atoms with Gasteiger partial charge in [-0.2, -0.15) is 4.99 Å². The van der Waals surface area contributed by atoms with Crippen LogP contribution in [0.4, 0.5) is 10.1 Å². The van der Waals surface area contributed by atoms with Crippen molar-refractivity contribution in [2.24, 2.45) is 4.99 Å². The molecule has 2 aromatic carbocycles. The number of hydrogen-bond acceptors (Lipinski definition) is 6. The molecular weight excluding hydrogens is 523 g/mol. The summed E-state index contributed by atoms with van der Waals surface area (Å²) >= 11 is 4.44. The molecule has 0 N–H and O–H groups in total. The van der Waals surface area contributed by atoms with Gasteiger partial charge in [-0.15, -0.1) is 0 Å². The number of halogens is 2. The zero-order valence-electron chi connectivity index (χ0n) is 17.2. The number of amidine groups is 1. The molecule has 0 spiro atoms. The van der Waals surface area contributed by atoms with E-state index in [1.165, 1.54) is 32.0 Å². The lowest BCUT2D eigenvalue weighted by molar-refractivity contribution is -0.117. The Morgan fingerprint density at radius 2 is 1.94 bits per heavy atom. The zero-order valence-corrected chi connectivity index (χ0v) is 20.5. The normalized spacial score (nSPS) is 22.8. The lowest BCUT2D eigenvalue weighted by Gasteiger charge is -2.25. The highest BCUT2D eigenvalue weighted by Crippen LogP contribution is 2.42. The molecule has 170 valence electrons. The molecule has 1 amide bonds. The van der Waals surface area contributed by atoms with Crippen LogP contribution >= 0.6 is 27.7 Å². The van der Waals surface area contributed by atoms with Gasteiger partial charge in [0.1, 0.15) is 5.82 Å². The van der Waals surface area contributed by atoms with Crippen molar-refractivity contribution in [3.05, 3.63) is 52.3 Å². The monoisotopic (exact) mass is 542 g/mol. The highest BCUT2D eigenvalue weighted by atomic mass is 79.9. The number of amides is 1. The van der Waals surface area contributed by atoms with Gasteiger partial charge < -0.3 is 14.4 Å². The number of hydrogen-bond donors (Lipinski definition) is 0. The van der Waals surface area contributed by atoms with Crippen molar-refractivity contribution < 1.29 is 27.1 Å². The second-order valence-corrected chi connectivity index (χ2v) is 11.7. The molecular formula is C21H20BrFN2O5S2. The fourth-order valence-corrected chi connectivity index (χ4v) is 8.09. The summed E-state index contributed by atoms with van der Waals surface area (Å²) in [6, 6.07) is 9.21. The van der Waals surface area contributed by atoms with Crippen LogP contribution in [0.15, 0.2) is 45.9 Å². The SMILES string of the molecule is COc1ccc(CC(=O)N=C2S[C@H]3CS(=O)(=O)C[C@H]3N2c2ccc(Br)cc2F)cc1OC. The first-order valence-corrected chi connectivity index (χ1v) is 13.1. The van der Waals surface area contributed by atoms with Gasteiger partial charge in [-0.05, 0) is 35.9 Å². The standard InChI is InChI=1S/C21H20BrFN2O5S2/c1-29-17-6-3-12(7-18(17)30-2)8-20(26)24-21-25(15-5-4-13(22)9-14(15)23)16-10-32(27,28)11-19(16)31-21/h3-7,9,16,19H,8,10-11H2,1-2H3/t16-,19+/m1/s1. The number of nitrogens with zero attached hydrogens (tertiary/aromatic N) is 2. The number of carbonyl (C=O) groups excluding carboxylic acids is 1. The third-order valence-electron chi connectivity index (χ3n) is 5.26. The highest BCUT2D eigenvalue weighted by molar-refractivity contribution is 9.10. The topological polar surface area (TPSA) is 85.3 Å². The molecule has 2 fully saturated rings. The van der Waals surface area contributed by atoms with Crippen LogP contribution in [0, 0.1) is 5.82 Å². The molecule has 0 radical (unpaired) electrons. The maximum Gasteiger partial charge on any atom is 0.252 e. The van der Waals surface area contributed by atoms with E-state index in [4.69, 9.17) is 9.47 Å². The van der Waals surface area contributed by atoms with E-state index in [2.05, 4.69) is 20.9 Å². The molecule has 7 nitrogen and oxygen atoms in total. The summed E-state index contributed by atoms with van der Waals surface area (Å²) in [7, 11) is -0.205. The second kappa shape index (κ2) is 9.03. The van der Waals surface area contributed by atoms with Crippen molar-refractivity contribution in [2.75, 3.05) is 30.6 Å². The van der Waals surface area contributed by atoms with E-state index >= 15 is 0 Å². The van der Waals surface area contributed by atoms with Crippen LogP contribution in [0.2, 0.25) is 0 Å². The van der Waals surface area contributed by atoms with Gasteiger partial charge in [0, 0.05) is 9.72 Å². The number of ether oxygens (including phenoxy) is 2. The Morgan fingerprint density at radius 3 is 2.62 bits per heavy atom. The summed E-state index contributed by atoms with van der Waals surface area (Å²) in [6.45, 7) is 0. The first-order valence-electron chi connectivity index (χ1n) is 9.64. The number of carbonyl (C=O) groups is 1. The minimum absolute atomic E-state index is 0.00864. The van der Waals surface area contributed by atoms with Crippen molar-refractivity contribution >= 4 is 54.3 Å². The second-order valence-electron chi connectivity index (χ2n) is 7.42. The zero-order chi connectivity index (χ0) is 23.0. The van der Waals surface area contributed by atoms with Crippen molar-refractivity contribution in [1.82, 2.24) is 0 Å². The fraction of sp³-hybridized carbons (Fsp3) is 0.333. The fourth-order valence-electron chi connectivity index (χ4n) is 3.83. The number of methoxy groups -OCH3 is 2. The predicted octanol–water partition coefficient (Wildman–Crippen LogP) is 3.45. The van der Waals surface area contributed by atoms with Gasteiger partial charge in [-0.1, -0.05) is 33.8 Å². The number of thioether (sulfide) groups is 1. The Hall–Kier alpha value is -2.11. The summed E-state index contributed by atoms with van der Waals surface area (Å²) in [5.41, 5.74) is 0.882. The average molecular weight is 543 g/mol. The van der Waals surface area contributed by atoms with Crippen LogP contribution in [-0.2, 0) is 21.1 Å². The third-order valence-corrected chi connectivity index (χ3v) is 8.96. The number of rotatable bonds is 5. The van der Waals surface area contributed by atoms with Crippen LogP contribution in [0.25, 0.3) is 0 Å². The molecule has 2 atom stereocenters. The van der Waals surface area contributed by atoms with E-state index in [-0.39, 0.29) is 28.9 Å². The van der Waals surface area contributed by atoms with Crippen LogP contribution in [0.3, 0.4) is 0 Å². The van der Waals surface area contributed by atoms with E-state index in [0.717, 1.165) is 0 Å². The minimum atomic E-state index is -3.24. The van der Waals surface area contributed by atoms with Gasteiger partial charge in [0.25, 0.3) is 5.91 Å². The van der Waals surface area contributed by atoms with Crippen molar-refractivity contribution in [3.63, 3.8) is 0 Å². The smallest absolute Gasteiger partial charge is 0.252 e. The van der Waals surface area contributed by atoms with Gasteiger partial charge in [-0.3, -0.25) is 4.79 Å². The molecule has 2 aliphatic heterocycles. The lowest BCUT2D eigenvalue weighted by Crippen LogP contribution is -2.38. The number of anilines is 1. The maximum atomic E-state index is 14.8. The van der Waals surface area contributed by atoms with Crippen LogP contribution in [0.5, 0.6) is 11.5 Å². The van der Waals surface area contributed by atoms with E-state index in [9.17, 15) is 17.6 Å². The molecule has 2 saturated heterocycles. The summed E-state index contributed by atoms with van der Waals surface area (Å²) in [5.74, 6) is -0.0375. The van der Waals surface area contributed by atoms with Crippen molar-refractivity contribution in [3.8, 4) is 11.5 Å². The highest BCUT2D eigenvalue weighted by Gasteiger charge is 2.50. The largest absolute Gasteiger partial charge is 0.493 e. The summed E-state index contributed by atoms with van der Waals surface area (Å²) < 4.78 is 50.2. The summed E-state index contributed by atoms with van der Waals surface area (Å²) in [4.78, 5) is 18.6. The number of fused-ring (bicyclic) bond motifs is 1. The Labute approximate surface area is 198 Å². The van der Waals surface area contributed by atoms with Gasteiger partial charge in [0.05, 0.1) is 43.9 Å². The van der Waals surface area contributed by atoms with Crippen LogP contribution in [0.1, 0.15) is 5.56 Å². The molecule has 0 saturated carbocycles. The maximum absolute atomic E-state index is 14.8. The average Bonchev–Trinajstić information content (AvgIpc) is 3.19. The van der Waals surface area contributed by atoms with Gasteiger partial charge in [0.2, 0.25) is 0 Å². The molecule has 2 aromatic rings. The molecule has 32 heavy (non-hydrogen) atoms. The lowest BCUT2D eigenvalue weighted by atomic mass is 10.1. The molecule has 11 heteroatoms. The minimum Gasteiger partial charge on any atom is -0.493 e. The summed E-state index contributed by atoms with van der Waals surface area (Å²) in [6.07, 6.45) is 0.00864. The molecule has 0 unspecified atom stereocenters. The van der Waals surface area contributed by atoms with E-state index in [0.29, 0.717) is 26.7 Å². The Bertz CT molecular complexity index is 1200. The molecule has 4 rings (SSSR count). The first-order chi connectivity index (χ1) is 15.2. The van der Waals surface area contributed by atoms with Crippen molar-refractivity contribution in [2.45, 2.75) is 17.7 Å². The third kappa shape index (κ3) is 4.65. The van der Waals surface area contributed by atoms with E-state index in [1.54, 1.807) is 35.2 Å². The first kappa shape index (κ1) is 23.1. The summed E-state index contributed by atoms with van der Waals surface area (Å²) in [5, 5.41) is -0.00252. The molecule has 2 heterocycles. The van der Waals surface area contributed by atoms with Gasteiger partial charge >= 0.3 is 0 Å². The number of aliphatic imine (C=N–C) groups is 1. The van der Waals surface area contributed by atoms with Gasteiger partial charge in [0.15, 0.2) is 26.5 Å². The number of sulfone groups is 1. The van der Waals surface area contributed by atoms with Gasteiger partial charge in [-0.25, -0.2) is 12.8 Å². The molecule has 0 bridgehead atoms. The molecule has 0 aliphatic carbocycles. The Kier molecular flexibility index (Phi) is 6.51. The van der Waals surface area contributed by atoms with Crippen molar-refractivity contribution in [1.29, 1.82) is 0 Å². The number of benzene rings is 2. The van der Waals surface area contributed by atoms with E-state index in [1.807, 2.05) is 0 Å². The quantitative estimate of drug-likeness (QED) is 0.571. The van der Waals surface area contributed by atoms with Crippen LogP contribution in [-0.4, -0.2) is 56.5 Å².